The highest BCUT2D eigenvalue weighted by atomic mass is 32.1. The minimum Gasteiger partial charge on any atom is -0.268 e. The molecule has 7 heteroatoms. The Morgan fingerprint density at radius 1 is 1.21 bits per heavy atom. The van der Waals surface area contributed by atoms with Gasteiger partial charge < -0.3 is 0 Å². The normalized spacial score (nSPS) is 16.5. The summed E-state index contributed by atoms with van der Waals surface area (Å²) in [6.45, 7) is 7.87. The van der Waals surface area contributed by atoms with Crippen LogP contribution < -0.4 is 0 Å². The second-order valence-electron chi connectivity index (χ2n) is 9.82. The number of aromatic nitrogens is 6. The third kappa shape index (κ3) is 3.55. The lowest BCUT2D eigenvalue weighted by Crippen LogP contribution is -2.28. The highest BCUT2D eigenvalue weighted by Crippen LogP contribution is 2.45. The predicted molar refractivity (Wildman–Crippen MR) is 133 cm³/mol. The average Bonchev–Trinajstić information content (AvgIpc) is 3.56. The summed E-state index contributed by atoms with van der Waals surface area (Å²) in [7, 11) is 0. The van der Waals surface area contributed by atoms with E-state index >= 15 is 0 Å². The molecule has 1 aliphatic rings. The van der Waals surface area contributed by atoms with Crippen molar-refractivity contribution in [1.29, 1.82) is 0 Å². The van der Waals surface area contributed by atoms with Crippen molar-refractivity contribution < 1.29 is 0 Å². The molecule has 0 saturated heterocycles. The minimum absolute atomic E-state index is 0.375. The van der Waals surface area contributed by atoms with Crippen LogP contribution >= 0.6 is 11.3 Å². The fraction of sp³-hybridized carbons (Fsp3) is 0.385. The van der Waals surface area contributed by atoms with Gasteiger partial charge in [0.2, 0.25) is 0 Å². The van der Waals surface area contributed by atoms with Gasteiger partial charge in [0.25, 0.3) is 0 Å². The van der Waals surface area contributed by atoms with Crippen molar-refractivity contribution in [2.24, 2.45) is 11.3 Å². The molecular formula is C26H28N6S. The number of thiophene rings is 1. The van der Waals surface area contributed by atoms with Crippen molar-refractivity contribution in [2.45, 2.75) is 53.0 Å². The van der Waals surface area contributed by atoms with Crippen LogP contribution in [0, 0.1) is 11.3 Å². The van der Waals surface area contributed by atoms with Crippen LogP contribution in [0.1, 0.15) is 49.6 Å². The molecule has 0 N–H and O–H groups in total. The van der Waals surface area contributed by atoms with Crippen LogP contribution in [0.25, 0.3) is 27.3 Å². The van der Waals surface area contributed by atoms with Crippen LogP contribution in [0.15, 0.2) is 49.1 Å². The van der Waals surface area contributed by atoms with Gasteiger partial charge in [-0.25, -0.2) is 14.5 Å². The Balaban J connectivity index is 1.39. The number of nitrogens with zero attached hydrogens (tertiary/aromatic N) is 6. The molecule has 168 valence electrons. The van der Waals surface area contributed by atoms with Gasteiger partial charge >= 0.3 is 0 Å². The summed E-state index contributed by atoms with van der Waals surface area (Å²) in [5.41, 5.74) is 4.95. The van der Waals surface area contributed by atoms with Crippen molar-refractivity contribution in [2.75, 3.05) is 0 Å². The number of benzene rings is 1. The molecule has 6 rings (SSSR count). The molecule has 1 atom stereocenters. The summed E-state index contributed by atoms with van der Waals surface area (Å²) in [4.78, 5) is 12.4. The number of hydrogen-bond donors (Lipinski definition) is 0. The largest absolute Gasteiger partial charge is 0.268 e. The zero-order valence-electron chi connectivity index (χ0n) is 19.3. The van der Waals surface area contributed by atoms with E-state index in [0.29, 0.717) is 5.41 Å². The lowest BCUT2D eigenvalue weighted by molar-refractivity contribution is 0.184. The third-order valence-corrected chi connectivity index (χ3v) is 8.65. The zero-order chi connectivity index (χ0) is 22.6. The average molecular weight is 457 g/mol. The molecule has 6 nitrogen and oxygen atoms in total. The Morgan fingerprint density at radius 3 is 2.94 bits per heavy atom. The molecule has 4 aromatic heterocycles. The second kappa shape index (κ2) is 7.76. The first-order valence-electron chi connectivity index (χ1n) is 11.7. The van der Waals surface area contributed by atoms with E-state index in [1.54, 1.807) is 6.20 Å². The lowest BCUT2D eigenvalue weighted by Gasteiger charge is -2.36. The van der Waals surface area contributed by atoms with Crippen molar-refractivity contribution >= 4 is 27.2 Å². The predicted octanol–water partition coefficient (Wildman–Crippen LogP) is 5.79. The van der Waals surface area contributed by atoms with E-state index in [9.17, 15) is 0 Å². The van der Waals surface area contributed by atoms with Gasteiger partial charge in [-0.2, -0.15) is 5.10 Å². The second-order valence-corrected chi connectivity index (χ2v) is 10.9. The molecule has 1 unspecified atom stereocenters. The molecule has 0 amide bonds. The Bertz CT molecular complexity index is 1440. The van der Waals surface area contributed by atoms with Gasteiger partial charge in [-0.15, -0.1) is 16.4 Å². The SMILES string of the molecule is CCC(C)(C)C1CCc2c(sc3ncn4nc(-c5cccc(Cn6cccn6)c5)nc4c23)C1. The molecule has 33 heavy (non-hydrogen) atoms. The van der Waals surface area contributed by atoms with Crippen molar-refractivity contribution in [3.63, 3.8) is 0 Å². The smallest absolute Gasteiger partial charge is 0.182 e. The molecule has 0 radical (unpaired) electrons. The summed E-state index contributed by atoms with van der Waals surface area (Å²) in [5.74, 6) is 1.47. The Kier molecular flexibility index (Phi) is 4.83. The minimum atomic E-state index is 0.375. The summed E-state index contributed by atoms with van der Waals surface area (Å²) < 4.78 is 3.78. The Hall–Kier alpha value is -3.06. The molecule has 4 heterocycles. The van der Waals surface area contributed by atoms with E-state index in [1.807, 2.05) is 39.1 Å². The van der Waals surface area contributed by atoms with Crippen molar-refractivity contribution in [3.8, 4) is 11.4 Å². The van der Waals surface area contributed by atoms with E-state index in [4.69, 9.17) is 15.1 Å². The summed E-state index contributed by atoms with van der Waals surface area (Å²) >= 11 is 1.85. The van der Waals surface area contributed by atoms with Gasteiger partial charge in [-0.3, -0.25) is 4.68 Å². The standard InChI is InChI=1S/C26H28N6S/c1-4-26(2,3)19-9-10-20-21(14-19)33-25-22(20)24-29-23(30-32(24)16-27-25)18-8-5-7-17(13-18)15-31-12-6-11-28-31/h5-8,11-13,16,19H,4,9-10,14-15H2,1-3H3. The lowest BCUT2D eigenvalue weighted by atomic mass is 9.70. The molecule has 0 bridgehead atoms. The van der Waals surface area contributed by atoms with Crippen LogP contribution in [0.2, 0.25) is 0 Å². The Morgan fingerprint density at radius 2 is 2.12 bits per heavy atom. The van der Waals surface area contributed by atoms with Crippen LogP contribution in [0.5, 0.6) is 0 Å². The summed E-state index contributed by atoms with van der Waals surface area (Å²) in [5, 5.41) is 10.3. The maximum atomic E-state index is 5.01. The van der Waals surface area contributed by atoms with E-state index in [1.165, 1.54) is 34.2 Å². The van der Waals surface area contributed by atoms with Crippen LogP contribution in [-0.4, -0.2) is 29.4 Å². The highest BCUT2D eigenvalue weighted by molar-refractivity contribution is 7.19. The highest BCUT2D eigenvalue weighted by Gasteiger charge is 2.33. The first kappa shape index (κ1) is 20.5. The maximum absolute atomic E-state index is 5.01. The van der Waals surface area contributed by atoms with Gasteiger partial charge in [0.1, 0.15) is 11.2 Å². The first-order valence-corrected chi connectivity index (χ1v) is 12.6. The third-order valence-electron chi connectivity index (χ3n) is 7.49. The van der Waals surface area contributed by atoms with E-state index in [-0.39, 0.29) is 0 Å². The molecular weight excluding hydrogens is 428 g/mol. The molecule has 0 saturated carbocycles. The van der Waals surface area contributed by atoms with E-state index in [0.717, 1.165) is 47.2 Å². The fourth-order valence-corrected chi connectivity index (χ4v) is 6.30. The quantitative estimate of drug-likeness (QED) is 0.336. The zero-order valence-corrected chi connectivity index (χ0v) is 20.1. The van der Waals surface area contributed by atoms with Crippen LogP contribution in [0.4, 0.5) is 0 Å². The monoisotopic (exact) mass is 456 g/mol. The van der Waals surface area contributed by atoms with Gasteiger partial charge in [0.05, 0.1) is 11.9 Å². The number of hydrogen-bond acceptors (Lipinski definition) is 5. The molecule has 1 aromatic carbocycles. The topological polar surface area (TPSA) is 60.9 Å². The van der Waals surface area contributed by atoms with Gasteiger partial charge in [-0.05, 0) is 53.9 Å². The van der Waals surface area contributed by atoms with Crippen LogP contribution in [-0.2, 0) is 19.4 Å². The van der Waals surface area contributed by atoms with Crippen molar-refractivity contribution in [1.82, 2.24) is 29.4 Å². The maximum Gasteiger partial charge on any atom is 0.182 e. The van der Waals surface area contributed by atoms with Gasteiger partial charge in [0, 0.05) is 22.8 Å². The molecule has 1 aliphatic carbocycles. The van der Waals surface area contributed by atoms with E-state index < -0.39 is 0 Å². The molecule has 0 aliphatic heterocycles. The molecule has 5 aromatic rings. The number of fused-ring (bicyclic) bond motifs is 5. The van der Waals surface area contributed by atoms with Gasteiger partial charge in [0.15, 0.2) is 11.5 Å². The molecule has 0 fully saturated rings. The van der Waals surface area contributed by atoms with Crippen molar-refractivity contribution in [3.05, 3.63) is 65.1 Å². The van der Waals surface area contributed by atoms with Gasteiger partial charge in [-0.1, -0.05) is 45.4 Å². The Labute approximate surface area is 197 Å². The number of aryl methyl sites for hydroxylation is 1. The number of rotatable bonds is 5. The van der Waals surface area contributed by atoms with E-state index in [2.05, 4.69) is 50.1 Å². The summed E-state index contributed by atoms with van der Waals surface area (Å²) in [6, 6.07) is 10.4. The fourth-order valence-electron chi connectivity index (χ4n) is 5.04. The molecule has 0 spiro atoms. The van der Waals surface area contributed by atoms with Crippen LogP contribution in [0.3, 0.4) is 0 Å². The summed E-state index contributed by atoms with van der Waals surface area (Å²) in [6.07, 6.45) is 10.3. The first-order chi connectivity index (χ1) is 16.0.